The lowest BCUT2D eigenvalue weighted by Crippen LogP contribution is -2.32. The molecule has 0 aliphatic carbocycles. The van der Waals surface area contributed by atoms with Crippen LogP contribution < -0.4 is 20.3 Å². The van der Waals surface area contributed by atoms with Crippen LogP contribution in [0.3, 0.4) is 0 Å². The maximum Gasteiger partial charge on any atom is 0.265 e. The molecule has 1 N–H and O–H groups in total. The summed E-state index contributed by atoms with van der Waals surface area (Å²) >= 11 is 0. The molecule has 0 fully saturated rings. The van der Waals surface area contributed by atoms with E-state index in [1.807, 2.05) is 55.5 Å². The molecule has 2 heterocycles. The molecule has 162 valence electrons. The summed E-state index contributed by atoms with van der Waals surface area (Å²) in [5.74, 6) is 0.840. The average Bonchev–Trinajstić information content (AvgIpc) is 2.82. The summed E-state index contributed by atoms with van der Waals surface area (Å²) in [5, 5.41) is 2.88. The highest BCUT2D eigenvalue weighted by Gasteiger charge is 2.20. The molecular formula is C25H23N3O4. The number of anilines is 1. The Kier molecular flexibility index (Phi) is 6.46. The second-order valence-electron chi connectivity index (χ2n) is 7.12. The van der Waals surface area contributed by atoms with Gasteiger partial charge in [0.15, 0.2) is 6.10 Å². The molecule has 4 rings (SSSR count). The molecule has 1 atom stereocenters. The van der Waals surface area contributed by atoms with Crippen molar-refractivity contribution in [2.24, 2.45) is 0 Å². The van der Waals surface area contributed by atoms with Crippen LogP contribution in [-0.4, -0.2) is 21.4 Å². The Morgan fingerprint density at radius 3 is 2.59 bits per heavy atom. The summed E-state index contributed by atoms with van der Waals surface area (Å²) in [7, 11) is 0. The number of carbonyl (C=O) groups is 1. The summed E-state index contributed by atoms with van der Waals surface area (Å²) in [6.45, 7) is 1.98. The van der Waals surface area contributed by atoms with Crippen molar-refractivity contribution >= 4 is 17.2 Å². The molecule has 0 aliphatic rings. The Balaban J connectivity index is 1.47. The molecule has 32 heavy (non-hydrogen) atoms. The Labute approximate surface area is 185 Å². The van der Waals surface area contributed by atoms with Crippen LogP contribution in [0.2, 0.25) is 0 Å². The molecule has 0 bridgehead atoms. The highest BCUT2D eigenvalue weighted by Crippen LogP contribution is 2.25. The number of rotatable bonds is 8. The van der Waals surface area contributed by atoms with Gasteiger partial charge < -0.3 is 14.8 Å². The van der Waals surface area contributed by atoms with E-state index in [1.54, 1.807) is 30.5 Å². The van der Waals surface area contributed by atoms with Crippen molar-refractivity contribution in [1.82, 2.24) is 9.38 Å². The minimum Gasteiger partial charge on any atom is -0.485 e. The molecule has 7 heteroatoms. The van der Waals surface area contributed by atoms with E-state index >= 15 is 0 Å². The van der Waals surface area contributed by atoms with E-state index in [-0.39, 0.29) is 18.1 Å². The van der Waals surface area contributed by atoms with Gasteiger partial charge in [0.2, 0.25) is 0 Å². The number of hydrogen-bond acceptors (Lipinski definition) is 5. The van der Waals surface area contributed by atoms with Gasteiger partial charge in [-0.1, -0.05) is 43.3 Å². The standard InChI is InChI=1S/C25H23N3O4/c1-2-21(32-19-10-4-3-5-11-19)25(30)27-20-12-6-7-13-22(20)31-17-18-16-24(29)28-15-9-8-14-23(28)26-18/h3-16,21H,2,17H2,1H3,(H,27,30)/t21-/m0/s1. The van der Waals surface area contributed by atoms with Gasteiger partial charge in [0, 0.05) is 12.3 Å². The van der Waals surface area contributed by atoms with Crippen molar-refractivity contribution in [3.05, 3.63) is 101 Å². The zero-order valence-electron chi connectivity index (χ0n) is 17.6. The van der Waals surface area contributed by atoms with Gasteiger partial charge in [-0.2, -0.15) is 0 Å². The maximum atomic E-state index is 12.8. The van der Waals surface area contributed by atoms with Crippen LogP contribution in [-0.2, 0) is 11.4 Å². The molecule has 0 saturated carbocycles. The van der Waals surface area contributed by atoms with Crippen LogP contribution >= 0.6 is 0 Å². The number of fused-ring (bicyclic) bond motifs is 1. The number of hydrogen-bond donors (Lipinski definition) is 1. The van der Waals surface area contributed by atoms with E-state index in [4.69, 9.17) is 9.47 Å². The van der Waals surface area contributed by atoms with Gasteiger partial charge in [-0.3, -0.25) is 14.0 Å². The monoisotopic (exact) mass is 429 g/mol. The fraction of sp³-hybridized carbons (Fsp3) is 0.160. The number of ether oxygens (including phenoxy) is 2. The van der Waals surface area contributed by atoms with E-state index in [2.05, 4.69) is 10.3 Å². The number of nitrogens with zero attached hydrogens (tertiary/aromatic N) is 2. The first-order chi connectivity index (χ1) is 15.6. The molecule has 0 saturated heterocycles. The molecule has 0 radical (unpaired) electrons. The number of nitrogens with one attached hydrogen (secondary N) is 1. The van der Waals surface area contributed by atoms with E-state index in [1.165, 1.54) is 10.5 Å². The number of aromatic nitrogens is 2. The molecule has 7 nitrogen and oxygen atoms in total. The van der Waals surface area contributed by atoms with Crippen LogP contribution in [0.4, 0.5) is 5.69 Å². The minimum atomic E-state index is -0.646. The summed E-state index contributed by atoms with van der Waals surface area (Å²) in [5.41, 5.74) is 1.38. The largest absolute Gasteiger partial charge is 0.485 e. The van der Waals surface area contributed by atoms with Crippen LogP contribution in [0.5, 0.6) is 11.5 Å². The van der Waals surface area contributed by atoms with Crippen molar-refractivity contribution in [3.63, 3.8) is 0 Å². The molecule has 0 spiro atoms. The van der Waals surface area contributed by atoms with Crippen molar-refractivity contribution in [2.45, 2.75) is 26.1 Å². The fourth-order valence-electron chi connectivity index (χ4n) is 3.22. The predicted molar refractivity (Wildman–Crippen MR) is 122 cm³/mol. The summed E-state index contributed by atoms with van der Waals surface area (Å²) in [6.07, 6.45) is 1.53. The predicted octanol–water partition coefficient (Wildman–Crippen LogP) is 4.07. The van der Waals surface area contributed by atoms with Crippen LogP contribution in [0, 0.1) is 0 Å². The molecular weight excluding hydrogens is 406 g/mol. The zero-order chi connectivity index (χ0) is 22.3. The smallest absolute Gasteiger partial charge is 0.265 e. The lowest BCUT2D eigenvalue weighted by molar-refractivity contribution is -0.122. The van der Waals surface area contributed by atoms with Gasteiger partial charge in [-0.15, -0.1) is 0 Å². The van der Waals surface area contributed by atoms with Gasteiger partial charge in [0.05, 0.1) is 11.4 Å². The first-order valence-corrected chi connectivity index (χ1v) is 10.4. The highest BCUT2D eigenvalue weighted by molar-refractivity contribution is 5.95. The first kappa shape index (κ1) is 21.1. The van der Waals surface area contributed by atoms with Gasteiger partial charge in [-0.25, -0.2) is 4.98 Å². The van der Waals surface area contributed by atoms with E-state index in [0.29, 0.717) is 34.9 Å². The van der Waals surface area contributed by atoms with Gasteiger partial charge >= 0.3 is 0 Å². The highest BCUT2D eigenvalue weighted by atomic mass is 16.5. The van der Waals surface area contributed by atoms with Gasteiger partial charge in [0.1, 0.15) is 23.8 Å². The Morgan fingerprint density at radius 2 is 1.78 bits per heavy atom. The molecule has 1 amide bonds. The fourth-order valence-corrected chi connectivity index (χ4v) is 3.22. The SMILES string of the molecule is CC[C@H](Oc1ccccc1)C(=O)Nc1ccccc1OCc1cc(=O)n2ccccc2n1. The van der Waals surface area contributed by atoms with Crippen LogP contribution in [0.15, 0.2) is 89.9 Å². The van der Waals surface area contributed by atoms with Crippen molar-refractivity contribution in [2.75, 3.05) is 5.32 Å². The summed E-state index contributed by atoms with van der Waals surface area (Å²) < 4.78 is 13.2. The zero-order valence-corrected chi connectivity index (χ0v) is 17.6. The minimum absolute atomic E-state index is 0.0885. The molecule has 4 aromatic rings. The van der Waals surface area contributed by atoms with E-state index in [9.17, 15) is 9.59 Å². The normalized spacial score (nSPS) is 11.7. The quantitative estimate of drug-likeness (QED) is 0.457. The number of pyridine rings is 1. The average molecular weight is 429 g/mol. The molecule has 0 unspecified atom stereocenters. The Morgan fingerprint density at radius 1 is 1.03 bits per heavy atom. The maximum absolute atomic E-state index is 12.8. The second kappa shape index (κ2) is 9.78. The van der Waals surface area contributed by atoms with Crippen LogP contribution in [0.1, 0.15) is 19.0 Å². The van der Waals surface area contributed by atoms with Gasteiger partial charge in [-0.05, 0) is 42.8 Å². The van der Waals surface area contributed by atoms with Crippen LogP contribution in [0.25, 0.3) is 5.65 Å². The molecule has 2 aromatic heterocycles. The third kappa shape index (κ3) is 4.95. The van der Waals surface area contributed by atoms with Crippen molar-refractivity contribution in [1.29, 1.82) is 0 Å². The summed E-state index contributed by atoms with van der Waals surface area (Å²) in [4.78, 5) is 29.6. The number of carbonyl (C=O) groups excluding carboxylic acids is 1. The number of para-hydroxylation sites is 3. The third-order valence-electron chi connectivity index (χ3n) is 4.83. The molecule has 0 aliphatic heterocycles. The van der Waals surface area contributed by atoms with E-state index in [0.717, 1.165) is 0 Å². The van der Waals surface area contributed by atoms with Gasteiger partial charge in [0.25, 0.3) is 11.5 Å². The lowest BCUT2D eigenvalue weighted by Gasteiger charge is -2.18. The lowest BCUT2D eigenvalue weighted by atomic mass is 10.2. The van der Waals surface area contributed by atoms with E-state index < -0.39 is 6.10 Å². The Bertz CT molecular complexity index is 1270. The van der Waals surface area contributed by atoms with Crippen molar-refractivity contribution in [3.8, 4) is 11.5 Å². The number of benzene rings is 2. The molecule has 2 aromatic carbocycles. The second-order valence-corrected chi connectivity index (χ2v) is 7.12. The van der Waals surface area contributed by atoms with Crippen molar-refractivity contribution < 1.29 is 14.3 Å². The Hall–Kier alpha value is -4.13. The third-order valence-corrected chi connectivity index (χ3v) is 4.83. The number of amides is 1. The topological polar surface area (TPSA) is 81.9 Å². The first-order valence-electron chi connectivity index (χ1n) is 10.4. The summed E-state index contributed by atoms with van der Waals surface area (Å²) in [6, 6.07) is 23.1.